The quantitative estimate of drug-likeness (QED) is 0.237. The molecule has 4 N–H and O–H groups in total. The van der Waals surface area contributed by atoms with E-state index >= 15 is 0 Å². The van der Waals surface area contributed by atoms with E-state index in [9.17, 15) is 19.2 Å². The molecule has 2 aromatic carbocycles. The Morgan fingerprint density at radius 1 is 0.975 bits per heavy atom. The number of aromatic nitrogens is 1. The zero-order valence-corrected chi connectivity index (χ0v) is 23.9. The molecule has 3 amide bonds. The van der Waals surface area contributed by atoms with Crippen molar-refractivity contribution in [1.29, 1.82) is 0 Å². The molecule has 1 saturated heterocycles. The average Bonchev–Trinajstić information content (AvgIpc) is 3.56. The van der Waals surface area contributed by atoms with E-state index in [1.807, 2.05) is 68.4 Å². The molecular weight excluding hydrogens is 526 g/mol. The van der Waals surface area contributed by atoms with E-state index in [0.717, 1.165) is 10.3 Å². The second-order valence-corrected chi connectivity index (χ2v) is 11.7. The number of Topliss-reactive ketones (excluding diaryl/α,β-unsaturated/α-hetero) is 1. The number of nitrogens with zero attached hydrogens (tertiary/aromatic N) is 1. The van der Waals surface area contributed by atoms with E-state index in [-0.39, 0.29) is 41.4 Å². The lowest BCUT2D eigenvalue weighted by atomic mass is 9.95. The molecule has 1 aromatic heterocycles. The molecule has 0 spiro atoms. The molecule has 4 atom stereocenters. The Kier molecular flexibility index (Phi) is 10.0. The minimum atomic E-state index is -0.965. The number of nitrogens with one attached hydrogen (secondary N) is 4. The van der Waals surface area contributed by atoms with Crippen molar-refractivity contribution in [2.24, 2.45) is 11.8 Å². The van der Waals surface area contributed by atoms with Crippen LogP contribution in [-0.4, -0.2) is 60.2 Å². The van der Waals surface area contributed by atoms with Crippen molar-refractivity contribution in [3.63, 3.8) is 0 Å². The molecule has 9 nitrogen and oxygen atoms in total. The smallest absolute Gasteiger partial charge is 0.243 e. The number of thiazole rings is 1. The monoisotopic (exact) mass is 563 g/mol. The molecule has 0 unspecified atom stereocenters. The summed E-state index contributed by atoms with van der Waals surface area (Å²) in [4.78, 5) is 57.6. The number of rotatable bonds is 13. The van der Waals surface area contributed by atoms with Crippen molar-refractivity contribution in [1.82, 2.24) is 26.3 Å². The van der Waals surface area contributed by atoms with Crippen LogP contribution in [0.25, 0.3) is 10.2 Å². The van der Waals surface area contributed by atoms with Crippen LogP contribution < -0.4 is 21.3 Å². The van der Waals surface area contributed by atoms with Gasteiger partial charge in [0.25, 0.3) is 0 Å². The first-order valence-corrected chi connectivity index (χ1v) is 14.6. The largest absolute Gasteiger partial charge is 0.356 e. The normalized spacial score (nSPS) is 17.3. The highest BCUT2D eigenvalue weighted by Crippen LogP contribution is 2.25. The molecule has 2 heterocycles. The molecule has 0 radical (unpaired) electrons. The lowest BCUT2D eigenvalue weighted by molar-refractivity contribution is -0.130. The summed E-state index contributed by atoms with van der Waals surface area (Å²) in [7, 11) is 1.72. The molecular formula is C30H37N5O4S. The number of benzene rings is 2. The second-order valence-electron chi connectivity index (χ2n) is 10.6. The van der Waals surface area contributed by atoms with Gasteiger partial charge in [-0.2, -0.15) is 0 Å². The summed E-state index contributed by atoms with van der Waals surface area (Å²) in [6.07, 6.45) is 1.60. The van der Waals surface area contributed by atoms with Gasteiger partial charge in [0.1, 0.15) is 6.04 Å². The molecule has 0 bridgehead atoms. The van der Waals surface area contributed by atoms with Crippen molar-refractivity contribution in [2.45, 2.75) is 57.7 Å². The summed E-state index contributed by atoms with van der Waals surface area (Å²) in [5.41, 5.74) is 1.58. The Hall–Kier alpha value is -3.63. The van der Waals surface area contributed by atoms with Crippen molar-refractivity contribution < 1.29 is 19.2 Å². The summed E-state index contributed by atoms with van der Waals surface area (Å²) in [6, 6.07) is 14.5. The van der Waals surface area contributed by atoms with Crippen LogP contribution in [0.5, 0.6) is 0 Å². The molecule has 1 fully saturated rings. The van der Waals surface area contributed by atoms with Gasteiger partial charge in [-0.25, -0.2) is 4.98 Å². The van der Waals surface area contributed by atoms with E-state index in [4.69, 9.17) is 0 Å². The minimum Gasteiger partial charge on any atom is -0.356 e. The highest BCUT2D eigenvalue weighted by atomic mass is 32.1. The number of ketones is 1. The van der Waals surface area contributed by atoms with Crippen LogP contribution in [-0.2, 0) is 20.8 Å². The molecule has 0 aliphatic carbocycles. The maximum absolute atomic E-state index is 13.8. The molecule has 3 aromatic rings. The number of carbonyl (C=O) groups excluding carboxylic acids is 4. The van der Waals surface area contributed by atoms with E-state index < -0.39 is 30.0 Å². The maximum Gasteiger partial charge on any atom is 0.243 e. The third-order valence-electron chi connectivity index (χ3n) is 7.11. The highest BCUT2D eigenvalue weighted by Gasteiger charge is 2.35. The van der Waals surface area contributed by atoms with Crippen LogP contribution >= 0.6 is 11.3 Å². The van der Waals surface area contributed by atoms with Crippen molar-refractivity contribution in [3.8, 4) is 0 Å². The zero-order chi connectivity index (χ0) is 28.6. The number of carbonyl (C=O) groups is 4. The van der Waals surface area contributed by atoms with Crippen molar-refractivity contribution >= 4 is 45.1 Å². The number of likely N-dealkylation sites (N-methyl/N-ethyl adjacent to an activating group) is 1. The van der Waals surface area contributed by atoms with Gasteiger partial charge < -0.3 is 21.3 Å². The van der Waals surface area contributed by atoms with E-state index in [1.54, 1.807) is 7.05 Å². The Balaban J connectivity index is 1.59. The summed E-state index contributed by atoms with van der Waals surface area (Å²) in [6.45, 7) is 4.60. The van der Waals surface area contributed by atoms with Crippen LogP contribution in [0.15, 0.2) is 54.6 Å². The molecule has 212 valence electrons. The van der Waals surface area contributed by atoms with Crippen LogP contribution in [0.2, 0.25) is 0 Å². The fraction of sp³-hybridized carbons (Fsp3) is 0.433. The van der Waals surface area contributed by atoms with Gasteiger partial charge in [-0.3, -0.25) is 19.2 Å². The Bertz CT molecular complexity index is 1310. The number of para-hydroxylation sites is 1. The summed E-state index contributed by atoms with van der Waals surface area (Å²) in [5, 5.41) is 11.9. The molecule has 4 rings (SSSR count). The summed E-state index contributed by atoms with van der Waals surface area (Å²) < 4.78 is 0.868. The maximum atomic E-state index is 13.8. The van der Waals surface area contributed by atoms with Gasteiger partial charge >= 0.3 is 0 Å². The van der Waals surface area contributed by atoms with Crippen molar-refractivity contribution in [2.75, 3.05) is 13.6 Å². The second kappa shape index (κ2) is 13.6. The SMILES string of the molecule is CN[C@@H](CC(C)C)C(=O)N[C@@H](Cc1ccccc1)C(=O)N[C@@H](C[C@@H]1CCNC1=O)C(=O)c1nc2ccccc2s1. The first-order valence-electron chi connectivity index (χ1n) is 13.7. The fourth-order valence-corrected chi connectivity index (χ4v) is 5.90. The molecule has 10 heteroatoms. The third kappa shape index (κ3) is 7.51. The lowest BCUT2D eigenvalue weighted by Crippen LogP contribution is -2.56. The van der Waals surface area contributed by atoms with E-state index in [0.29, 0.717) is 24.9 Å². The van der Waals surface area contributed by atoms with E-state index in [2.05, 4.69) is 26.3 Å². The number of amides is 3. The number of fused-ring (bicyclic) bond motifs is 1. The van der Waals surface area contributed by atoms with Gasteiger partial charge in [-0.1, -0.05) is 56.3 Å². The third-order valence-corrected chi connectivity index (χ3v) is 8.16. The Labute approximate surface area is 238 Å². The topological polar surface area (TPSA) is 129 Å². The van der Waals surface area contributed by atoms with Gasteiger partial charge in [0.2, 0.25) is 23.5 Å². The number of hydrogen-bond donors (Lipinski definition) is 4. The zero-order valence-electron chi connectivity index (χ0n) is 23.1. The first-order chi connectivity index (χ1) is 19.2. The fourth-order valence-electron chi connectivity index (χ4n) is 4.94. The molecule has 0 saturated carbocycles. The van der Waals surface area contributed by atoms with Gasteiger partial charge in [0.05, 0.1) is 22.3 Å². The van der Waals surface area contributed by atoms with Crippen LogP contribution in [0, 0.1) is 11.8 Å². The van der Waals surface area contributed by atoms with Gasteiger partial charge in [-0.15, -0.1) is 11.3 Å². The lowest BCUT2D eigenvalue weighted by Gasteiger charge is -2.26. The predicted molar refractivity (Wildman–Crippen MR) is 156 cm³/mol. The van der Waals surface area contributed by atoms with Crippen molar-refractivity contribution in [3.05, 3.63) is 65.2 Å². The average molecular weight is 564 g/mol. The standard InChI is InChI=1S/C30H37N5O4S/c1-18(2)15-23(31-3)28(38)34-24(16-19-9-5-4-6-10-19)29(39)33-22(17-20-13-14-32-27(20)37)26(36)30-35-21-11-7-8-12-25(21)40-30/h4-12,18,20,22-24,31H,13-17H2,1-3H3,(H,32,37)(H,33,39)(H,34,38)/t20-,22-,23-,24-/m0/s1. The summed E-state index contributed by atoms with van der Waals surface area (Å²) in [5.74, 6) is -1.35. The molecule has 1 aliphatic rings. The van der Waals surface area contributed by atoms with Crippen LogP contribution in [0.3, 0.4) is 0 Å². The number of hydrogen-bond acceptors (Lipinski definition) is 7. The van der Waals surface area contributed by atoms with Crippen LogP contribution in [0.4, 0.5) is 0 Å². The molecule has 1 aliphatic heterocycles. The predicted octanol–water partition coefficient (Wildman–Crippen LogP) is 2.85. The minimum absolute atomic E-state index is 0.129. The van der Waals surface area contributed by atoms with Gasteiger partial charge in [0.15, 0.2) is 5.01 Å². The Morgan fingerprint density at radius 3 is 2.30 bits per heavy atom. The Morgan fingerprint density at radius 2 is 1.65 bits per heavy atom. The summed E-state index contributed by atoms with van der Waals surface area (Å²) >= 11 is 1.26. The first kappa shape index (κ1) is 29.4. The van der Waals surface area contributed by atoms with Gasteiger partial charge in [-0.05, 0) is 49.9 Å². The molecule has 40 heavy (non-hydrogen) atoms. The van der Waals surface area contributed by atoms with E-state index in [1.165, 1.54) is 11.3 Å². The van der Waals surface area contributed by atoms with Crippen LogP contribution in [0.1, 0.15) is 48.5 Å². The van der Waals surface area contributed by atoms with Gasteiger partial charge in [0, 0.05) is 18.9 Å². The highest BCUT2D eigenvalue weighted by molar-refractivity contribution is 7.20.